The maximum absolute atomic E-state index is 6.15. The van der Waals surface area contributed by atoms with Crippen molar-refractivity contribution in [1.29, 1.82) is 0 Å². The highest BCUT2D eigenvalue weighted by Gasteiger charge is 2.48. The number of hydrogen-bond donors (Lipinski definition) is 0. The van der Waals surface area contributed by atoms with Crippen LogP contribution >= 0.6 is 31.9 Å². The molecular formula is C16H22Br2O2. The SMILES string of the molecule is CC#C/C=C\C[C@@H]1O[C@@H]2C[C@H]1O[C@H]2C[C@@H](Br)[C@@H](Br)CC. The van der Waals surface area contributed by atoms with Gasteiger partial charge in [0, 0.05) is 16.1 Å². The van der Waals surface area contributed by atoms with E-state index in [2.05, 4.69) is 56.7 Å². The van der Waals surface area contributed by atoms with Gasteiger partial charge in [-0.3, -0.25) is 0 Å². The van der Waals surface area contributed by atoms with E-state index in [9.17, 15) is 0 Å². The van der Waals surface area contributed by atoms with E-state index in [0.29, 0.717) is 9.65 Å². The fourth-order valence-electron chi connectivity index (χ4n) is 2.83. The minimum Gasteiger partial charge on any atom is -0.369 e. The smallest absolute Gasteiger partial charge is 0.0877 e. The van der Waals surface area contributed by atoms with E-state index in [1.54, 1.807) is 0 Å². The molecule has 0 N–H and O–H groups in total. The summed E-state index contributed by atoms with van der Waals surface area (Å²) in [6.45, 7) is 4.03. The molecule has 2 nitrogen and oxygen atoms in total. The highest BCUT2D eigenvalue weighted by Crippen LogP contribution is 2.39. The zero-order chi connectivity index (χ0) is 14.5. The Morgan fingerprint density at radius 2 is 1.90 bits per heavy atom. The third-order valence-corrected chi connectivity index (χ3v) is 6.95. The lowest BCUT2D eigenvalue weighted by molar-refractivity contribution is -0.137. The first-order chi connectivity index (χ1) is 9.65. The van der Waals surface area contributed by atoms with Crippen LogP contribution in [0.15, 0.2) is 12.2 Å². The summed E-state index contributed by atoms with van der Waals surface area (Å²) in [4.78, 5) is 0.940. The molecule has 20 heavy (non-hydrogen) atoms. The molecule has 112 valence electrons. The zero-order valence-electron chi connectivity index (χ0n) is 12.0. The highest BCUT2D eigenvalue weighted by molar-refractivity contribution is 9.12. The van der Waals surface area contributed by atoms with Gasteiger partial charge in [-0.15, -0.1) is 5.92 Å². The number of hydrogen-bond acceptors (Lipinski definition) is 2. The number of halogens is 2. The van der Waals surface area contributed by atoms with Crippen LogP contribution in [0, 0.1) is 11.8 Å². The molecule has 2 fully saturated rings. The molecule has 2 aliphatic rings. The Bertz CT molecular complexity index is 399. The lowest BCUT2D eigenvalue weighted by atomic mass is 10.1. The standard InChI is InChI=1S/C16H22Br2O2/c1-3-5-6-7-8-13-15-10-16(19-13)14(20-15)9-12(18)11(17)4-2/h6-7,11-16H,4,8-10H2,1-2H3/b7-6-/t11-,12+,13-,14-,15+,16+/m0/s1. The predicted molar refractivity (Wildman–Crippen MR) is 89.5 cm³/mol. The van der Waals surface area contributed by atoms with Gasteiger partial charge < -0.3 is 9.47 Å². The van der Waals surface area contributed by atoms with Gasteiger partial charge in [0.1, 0.15) is 0 Å². The summed E-state index contributed by atoms with van der Waals surface area (Å²) in [6.07, 6.45) is 9.04. The van der Waals surface area contributed by atoms with E-state index in [1.807, 2.05) is 13.0 Å². The van der Waals surface area contributed by atoms with Crippen LogP contribution < -0.4 is 0 Å². The Balaban J connectivity index is 1.78. The zero-order valence-corrected chi connectivity index (χ0v) is 15.2. The third kappa shape index (κ3) is 4.10. The van der Waals surface area contributed by atoms with Crippen molar-refractivity contribution in [3.63, 3.8) is 0 Å². The second-order valence-corrected chi connectivity index (χ2v) is 7.72. The highest BCUT2D eigenvalue weighted by atomic mass is 79.9. The van der Waals surface area contributed by atoms with E-state index in [0.717, 1.165) is 25.7 Å². The van der Waals surface area contributed by atoms with E-state index in [4.69, 9.17) is 9.47 Å². The predicted octanol–water partition coefficient (Wildman–Crippen LogP) is 4.21. The van der Waals surface area contributed by atoms with E-state index in [-0.39, 0.29) is 24.4 Å². The van der Waals surface area contributed by atoms with Crippen LogP contribution in [0.4, 0.5) is 0 Å². The summed E-state index contributed by atoms with van der Waals surface area (Å²) < 4.78 is 12.3. The monoisotopic (exact) mass is 404 g/mol. The third-order valence-electron chi connectivity index (χ3n) is 3.95. The number of fused-ring (bicyclic) bond motifs is 2. The molecule has 0 aromatic rings. The van der Waals surface area contributed by atoms with Gasteiger partial charge in [-0.05, 0) is 32.3 Å². The minimum absolute atomic E-state index is 0.214. The molecule has 2 rings (SSSR count). The second kappa shape index (κ2) is 7.98. The van der Waals surface area contributed by atoms with Gasteiger partial charge in [0.2, 0.25) is 0 Å². The van der Waals surface area contributed by atoms with Crippen LogP contribution in [-0.4, -0.2) is 34.1 Å². The summed E-state index contributed by atoms with van der Waals surface area (Å²) in [6, 6.07) is 0. The normalized spacial score (nSPS) is 35.0. The summed E-state index contributed by atoms with van der Waals surface area (Å²) in [5, 5.41) is 0. The van der Waals surface area contributed by atoms with Crippen LogP contribution in [0.1, 0.15) is 39.5 Å². The number of alkyl halides is 2. The maximum Gasteiger partial charge on any atom is 0.0877 e. The molecule has 0 aromatic heterocycles. The molecule has 0 amide bonds. The van der Waals surface area contributed by atoms with Crippen LogP contribution in [0.25, 0.3) is 0 Å². The van der Waals surface area contributed by atoms with Gasteiger partial charge in [-0.1, -0.05) is 50.8 Å². The van der Waals surface area contributed by atoms with Crippen molar-refractivity contribution in [2.45, 2.75) is 73.6 Å². The quantitative estimate of drug-likeness (QED) is 0.486. The Morgan fingerprint density at radius 3 is 2.50 bits per heavy atom. The number of rotatable bonds is 6. The van der Waals surface area contributed by atoms with Crippen molar-refractivity contribution in [1.82, 2.24) is 0 Å². The lowest BCUT2D eigenvalue weighted by Gasteiger charge is -2.30. The Labute approximate surface area is 138 Å². The van der Waals surface area contributed by atoms with Gasteiger partial charge in [0.25, 0.3) is 0 Å². The molecule has 4 heteroatoms. The molecule has 2 aliphatic heterocycles. The lowest BCUT2D eigenvalue weighted by Crippen LogP contribution is -2.37. The van der Waals surface area contributed by atoms with Gasteiger partial charge in [-0.2, -0.15) is 0 Å². The van der Waals surface area contributed by atoms with Crippen LogP contribution in [0.5, 0.6) is 0 Å². The fourth-order valence-corrected chi connectivity index (χ4v) is 3.79. The fraction of sp³-hybridized carbons (Fsp3) is 0.750. The van der Waals surface area contributed by atoms with E-state index < -0.39 is 0 Å². The van der Waals surface area contributed by atoms with Crippen molar-refractivity contribution in [3.8, 4) is 11.8 Å². The second-order valence-electron chi connectivity index (χ2n) is 5.37. The Hall–Kier alpha value is 0.180. The Morgan fingerprint density at radius 1 is 1.20 bits per heavy atom. The number of ether oxygens (including phenoxy) is 2. The van der Waals surface area contributed by atoms with Crippen LogP contribution in [-0.2, 0) is 9.47 Å². The molecule has 0 spiro atoms. The number of allylic oxidation sites excluding steroid dienone is 1. The Kier molecular flexibility index (Phi) is 6.61. The molecule has 6 atom stereocenters. The van der Waals surface area contributed by atoms with Crippen molar-refractivity contribution >= 4 is 31.9 Å². The summed E-state index contributed by atoms with van der Waals surface area (Å²) >= 11 is 7.45. The summed E-state index contributed by atoms with van der Waals surface area (Å²) in [7, 11) is 0. The molecule has 0 radical (unpaired) electrons. The van der Waals surface area contributed by atoms with E-state index in [1.165, 1.54) is 0 Å². The molecular weight excluding hydrogens is 384 g/mol. The average Bonchev–Trinajstić information content (AvgIpc) is 3.02. The van der Waals surface area contributed by atoms with Gasteiger partial charge in [0.05, 0.1) is 24.4 Å². The summed E-state index contributed by atoms with van der Waals surface area (Å²) in [5.74, 6) is 5.78. The van der Waals surface area contributed by atoms with E-state index >= 15 is 0 Å². The van der Waals surface area contributed by atoms with Crippen molar-refractivity contribution in [2.75, 3.05) is 0 Å². The molecule has 2 heterocycles. The average molecular weight is 406 g/mol. The van der Waals surface area contributed by atoms with Crippen molar-refractivity contribution in [3.05, 3.63) is 12.2 Å². The maximum atomic E-state index is 6.15. The first-order valence-electron chi connectivity index (χ1n) is 7.32. The molecule has 0 aliphatic carbocycles. The van der Waals surface area contributed by atoms with Gasteiger partial charge in [0.15, 0.2) is 0 Å². The minimum atomic E-state index is 0.214. The van der Waals surface area contributed by atoms with Crippen molar-refractivity contribution < 1.29 is 9.47 Å². The summed E-state index contributed by atoms with van der Waals surface area (Å²) in [5.41, 5.74) is 0. The topological polar surface area (TPSA) is 18.5 Å². The largest absolute Gasteiger partial charge is 0.369 e. The first-order valence-corrected chi connectivity index (χ1v) is 9.15. The van der Waals surface area contributed by atoms with Crippen LogP contribution in [0.3, 0.4) is 0 Å². The molecule has 2 saturated heterocycles. The molecule has 0 aromatic carbocycles. The van der Waals surface area contributed by atoms with Gasteiger partial charge >= 0.3 is 0 Å². The molecule has 0 unspecified atom stereocenters. The van der Waals surface area contributed by atoms with Gasteiger partial charge in [-0.25, -0.2) is 0 Å². The van der Waals surface area contributed by atoms with Crippen molar-refractivity contribution in [2.24, 2.45) is 0 Å². The van der Waals surface area contributed by atoms with Crippen LogP contribution in [0.2, 0.25) is 0 Å². The first kappa shape index (κ1) is 16.5. The molecule has 0 saturated carbocycles. The molecule has 2 bridgehead atoms.